The number of amides is 1. The molecule has 1 amide bonds. The van der Waals surface area contributed by atoms with E-state index in [4.69, 9.17) is 4.98 Å². The van der Waals surface area contributed by atoms with Gasteiger partial charge in [-0.1, -0.05) is 70.2 Å². The molecule has 0 radical (unpaired) electrons. The molecule has 1 saturated carbocycles. The van der Waals surface area contributed by atoms with Gasteiger partial charge in [-0.3, -0.25) is 14.2 Å². The van der Waals surface area contributed by atoms with Gasteiger partial charge in [0.05, 0.1) is 22.6 Å². The van der Waals surface area contributed by atoms with Gasteiger partial charge >= 0.3 is 0 Å². The zero-order valence-electron chi connectivity index (χ0n) is 21.5. The smallest absolute Gasteiger partial charge is 0.266 e. The van der Waals surface area contributed by atoms with Crippen LogP contribution in [0.4, 0.5) is 0 Å². The predicted octanol–water partition coefficient (Wildman–Crippen LogP) is 6.61. The summed E-state index contributed by atoms with van der Waals surface area (Å²) in [5.41, 5.74) is 2.62. The number of benzene rings is 2. The number of nitrogens with zero attached hydrogens (tertiary/aromatic N) is 3. The van der Waals surface area contributed by atoms with Gasteiger partial charge in [0, 0.05) is 12.5 Å². The molecule has 0 aliphatic heterocycles. The Morgan fingerprint density at radius 1 is 1.03 bits per heavy atom. The van der Waals surface area contributed by atoms with Gasteiger partial charge in [-0.05, 0) is 62.4 Å². The van der Waals surface area contributed by atoms with Crippen molar-refractivity contribution in [2.45, 2.75) is 84.6 Å². The highest BCUT2D eigenvalue weighted by Crippen LogP contribution is 2.30. The van der Waals surface area contributed by atoms with Gasteiger partial charge in [-0.25, -0.2) is 4.98 Å². The Kier molecular flexibility index (Phi) is 8.37. The van der Waals surface area contributed by atoms with Crippen LogP contribution in [-0.2, 0) is 11.2 Å². The van der Waals surface area contributed by atoms with Crippen molar-refractivity contribution in [2.24, 2.45) is 5.92 Å². The summed E-state index contributed by atoms with van der Waals surface area (Å²) in [6.45, 7) is 7.04. The molecule has 5 heteroatoms. The molecule has 3 aromatic rings. The van der Waals surface area contributed by atoms with Gasteiger partial charge in [-0.15, -0.1) is 0 Å². The SMILES string of the molecule is CCCCCN(C(=O)C1CCCCC1)C(C)c1nc2ccccc2c(=O)n1-c1ccc(CC)cc1. The van der Waals surface area contributed by atoms with Crippen LogP contribution in [0.15, 0.2) is 53.3 Å². The molecule has 0 saturated heterocycles. The van der Waals surface area contributed by atoms with E-state index in [1.54, 1.807) is 4.57 Å². The topological polar surface area (TPSA) is 55.2 Å². The maximum absolute atomic E-state index is 13.8. The van der Waals surface area contributed by atoms with Crippen LogP contribution in [0.25, 0.3) is 16.6 Å². The Balaban J connectivity index is 1.82. The summed E-state index contributed by atoms with van der Waals surface area (Å²) in [5, 5.41) is 0.596. The van der Waals surface area contributed by atoms with Crippen LogP contribution in [0.1, 0.15) is 89.6 Å². The minimum atomic E-state index is -0.301. The lowest BCUT2D eigenvalue weighted by molar-refractivity contribution is -0.139. The zero-order chi connectivity index (χ0) is 24.8. The van der Waals surface area contributed by atoms with Gasteiger partial charge in [0.15, 0.2) is 0 Å². The standard InChI is InChI=1S/C30H39N3O2/c1-4-6-12-21-32(29(34)24-13-8-7-9-14-24)22(3)28-31-27-16-11-10-15-26(27)30(35)33(28)25-19-17-23(5-2)18-20-25/h10-11,15-20,22,24H,4-9,12-14,21H2,1-3H3. The van der Waals surface area contributed by atoms with E-state index in [-0.39, 0.29) is 23.4 Å². The maximum Gasteiger partial charge on any atom is 0.266 e. The number of carbonyl (C=O) groups is 1. The molecule has 2 aromatic carbocycles. The second kappa shape index (κ2) is 11.7. The molecule has 1 aliphatic carbocycles. The van der Waals surface area contributed by atoms with Gasteiger partial charge in [0.25, 0.3) is 5.56 Å². The number of para-hydroxylation sites is 1. The number of fused-ring (bicyclic) bond motifs is 1. The highest BCUT2D eigenvalue weighted by Gasteiger charge is 2.31. The van der Waals surface area contributed by atoms with Gasteiger partial charge < -0.3 is 4.90 Å². The van der Waals surface area contributed by atoms with Crippen LogP contribution in [0.3, 0.4) is 0 Å². The van der Waals surface area contributed by atoms with E-state index in [1.807, 2.05) is 48.2 Å². The number of hydrogen-bond donors (Lipinski definition) is 0. The lowest BCUT2D eigenvalue weighted by Gasteiger charge is -2.34. The zero-order valence-corrected chi connectivity index (χ0v) is 21.5. The van der Waals surface area contributed by atoms with Crippen LogP contribution in [0.5, 0.6) is 0 Å². The Hall–Kier alpha value is -2.95. The van der Waals surface area contributed by atoms with Crippen molar-refractivity contribution in [3.63, 3.8) is 0 Å². The summed E-state index contributed by atoms with van der Waals surface area (Å²) in [7, 11) is 0. The van der Waals surface area contributed by atoms with Gasteiger partial charge in [0.1, 0.15) is 5.82 Å². The average molecular weight is 474 g/mol. The van der Waals surface area contributed by atoms with Crippen LogP contribution >= 0.6 is 0 Å². The quantitative estimate of drug-likeness (QED) is 0.329. The Morgan fingerprint density at radius 2 is 1.74 bits per heavy atom. The summed E-state index contributed by atoms with van der Waals surface area (Å²) in [6, 6.07) is 15.3. The van der Waals surface area contributed by atoms with E-state index >= 15 is 0 Å². The number of hydrogen-bond acceptors (Lipinski definition) is 3. The van der Waals surface area contributed by atoms with Crippen LogP contribution in [0, 0.1) is 5.92 Å². The first-order valence-electron chi connectivity index (χ1n) is 13.5. The van der Waals surface area contributed by atoms with Gasteiger partial charge in [-0.2, -0.15) is 0 Å². The fourth-order valence-corrected chi connectivity index (χ4v) is 5.31. The van der Waals surface area contributed by atoms with E-state index in [9.17, 15) is 9.59 Å². The van der Waals surface area contributed by atoms with E-state index in [1.165, 1.54) is 12.0 Å². The summed E-state index contributed by atoms with van der Waals surface area (Å²) in [4.78, 5) is 34.6. The summed E-state index contributed by atoms with van der Waals surface area (Å²) >= 11 is 0. The van der Waals surface area contributed by atoms with E-state index in [2.05, 4.69) is 26.0 Å². The largest absolute Gasteiger partial charge is 0.333 e. The van der Waals surface area contributed by atoms with E-state index in [0.717, 1.165) is 57.1 Å². The molecular weight excluding hydrogens is 434 g/mol. The van der Waals surface area contributed by atoms with Gasteiger partial charge in [0.2, 0.25) is 5.91 Å². The Bertz CT molecular complexity index is 1190. The van der Waals surface area contributed by atoms with Crippen molar-refractivity contribution >= 4 is 16.8 Å². The normalized spacial score (nSPS) is 15.3. The Labute approximate surface area is 209 Å². The molecule has 1 heterocycles. The van der Waals surface area contributed by atoms with Crippen molar-refractivity contribution in [3.8, 4) is 5.69 Å². The van der Waals surface area contributed by atoms with Crippen LogP contribution < -0.4 is 5.56 Å². The molecular formula is C30H39N3O2. The summed E-state index contributed by atoms with van der Waals surface area (Å²) in [5.74, 6) is 0.944. The first-order chi connectivity index (χ1) is 17.0. The summed E-state index contributed by atoms with van der Waals surface area (Å²) in [6.07, 6.45) is 9.47. The Morgan fingerprint density at radius 3 is 2.43 bits per heavy atom. The lowest BCUT2D eigenvalue weighted by atomic mass is 9.88. The van der Waals surface area contributed by atoms with Crippen molar-refractivity contribution in [1.29, 1.82) is 0 Å². The number of rotatable bonds is 9. The van der Waals surface area contributed by atoms with Crippen molar-refractivity contribution in [3.05, 3.63) is 70.3 Å². The van der Waals surface area contributed by atoms with Crippen LogP contribution in [-0.4, -0.2) is 26.9 Å². The third-order valence-electron chi connectivity index (χ3n) is 7.49. The highest BCUT2D eigenvalue weighted by atomic mass is 16.2. The number of unbranched alkanes of at least 4 members (excludes halogenated alkanes) is 2. The molecule has 4 rings (SSSR count). The molecule has 1 atom stereocenters. The molecule has 5 nitrogen and oxygen atoms in total. The van der Waals surface area contributed by atoms with E-state index < -0.39 is 0 Å². The number of aryl methyl sites for hydroxylation is 1. The predicted molar refractivity (Wildman–Crippen MR) is 143 cm³/mol. The van der Waals surface area contributed by atoms with Crippen molar-refractivity contribution < 1.29 is 4.79 Å². The second-order valence-electron chi connectivity index (χ2n) is 9.90. The average Bonchev–Trinajstić information content (AvgIpc) is 2.91. The number of aromatic nitrogens is 2. The molecule has 0 spiro atoms. The minimum Gasteiger partial charge on any atom is -0.333 e. The number of carbonyl (C=O) groups excluding carboxylic acids is 1. The van der Waals surface area contributed by atoms with Crippen molar-refractivity contribution in [1.82, 2.24) is 14.5 Å². The first-order valence-corrected chi connectivity index (χ1v) is 13.5. The highest BCUT2D eigenvalue weighted by molar-refractivity contribution is 5.80. The first kappa shape index (κ1) is 25.2. The molecule has 1 aliphatic rings. The molecule has 1 aromatic heterocycles. The summed E-state index contributed by atoms with van der Waals surface area (Å²) < 4.78 is 1.73. The fourth-order valence-electron chi connectivity index (χ4n) is 5.31. The molecule has 35 heavy (non-hydrogen) atoms. The molecule has 1 fully saturated rings. The molecule has 1 unspecified atom stereocenters. The van der Waals surface area contributed by atoms with E-state index in [0.29, 0.717) is 23.3 Å². The third kappa shape index (κ3) is 5.50. The monoisotopic (exact) mass is 473 g/mol. The lowest BCUT2D eigenvalue weighted by Crippen LogP contribution is -2.41. The maximum atomic E-state index is 13.8. The van der Waals surface area contributed by atoms with Crippen molar-refractivity contribution in [2.75, 3.05) is 6.54 Å². The second-order valence-corrected chi connectivity index (χ2v) is 9.90. The minimum absolute atomic E-state index is 0.0808. The van der Waals surface area contributed by atoms with Crippen LogP contribution in [0.2, 0.25) is 0 Å². The third-order valence-corrected chi connectivity index (χ3v) is 7.49. The fraction of sp³-hybridized carbons (Fsp3) is 0.500. The molecule has 0 N–H and O–H groups in total. The molecule has 186 valence electrons. The molecule has 0 bridgehead atoms.